The molecule has 36 heavy (non-hydrogen) atoms. The lowest BCUT2D eigenvalue weighted by Crippen LogP contribution is -2.30. The summed E-state index contributed by atoms with van der Waals surface area (Å²) < 4.78 is 34.6. The first kappa shape index (κ1) is 24.5. The number of anilines is 1. The van der Waals surface area contributed by atoms with E-state index in [-0.39, 0.29) is 38.5 Å². The van der Waals surface area contributed by atoms with Crippen molar-refractivity contribution in [1.82, 2.24) is 14.8 Å². The predicted molar refractivity (Wildman–Crippen MR) is 130 cm³/mol. The Morgan fingerprint density at radius 3 is 2.50 bits per heavy atom. The first-order valence-corrected chi connectivity index (χ1v) is 12.0. The zero-order chi connectivity index (χ0) is 26.0. The molecule has 0 bridgehead atoms. The molecule has 4 rings (SSSR count). The van der Waals surface area contributed by atoms with Crippen molar-refractivity contribution in [3.05, 3.63) is 97.8 Å². The van der Waals surface area contributed by atoms with Crippen molar-refractivity contribution in [1.29, 1.82) is 5.26 Å². The average Bonchev–Trinajstić information content (AvgIpc) is 2.83. The molecule has 0 aliphatic heterocycles. The molecule has 3 aromatic carbocycles. The molecular formula is C23H16ClN5O6S. The second-order valence-corrected chi connectivity index (χ2v) is 9.54. The Kier molecular flexibility index (Phi) is 6.52. The Balaban J connectivity index is 1.63. The van der Waals surface area contributed by atoms with Crippen LogP contribution in [0.5, 0.6) is 17.2 Å². The summed E-state index contributed by atoms with van der Waals surface area (Å²) in [5.74, 6) is 0.0214. The molecular weight excluding hydrogens is 510 g/mol. The van der Waals surface area contributed by atoms with E-state index in [9.17, 15) is 23.1 Å². The second kappa shape index (κ2) is 9.57. The fourth-order valence-electron chi connectivity index (χ4n) is 3.19. The number of rotatable bonds is 6. The Labute approximate surface area is 208 Å². The van der Waals surface area contributed by atoms with E-state index in [1.807, 2.05) is 6.07 Å². The minimum atomic E-state index is -4.08. The highest BCUT2D eigenvalue weighted by atomic mass is 35.5. The molecule has 0 atom stereocenters. The van der Waals surface area contributed by atoms with Crippen molar-refractivity contribution in [2.45, 2.75) is 11.8 Å². The summed E-state index contributed by atoms with van der Waals surface area (Å²) in [4.78, 5) is 25.3. The number of aromatic nitrogens is 3. The van der Waals surface area contributed by atoms with Crippen LogP contribution in [-0.2, 0) is 10.0 Å². The number of phenolic OH excluding ortho intramolecular Hbond substituents is 1. The molecule has 0 saturated heterocycles. The maximum atomic E-state index is 12.7. The van der Waals surface area contributed by atoms with Crippen molar-refractivity contribution >= 4 is 27.3 Å². The van der Waals surface area contributed by atoms with Gasteiger partial charge in [0.2, 0.25) is 0 Å². The molecule has 0 amide bonds. The van der Waals surface area contributed by atoms with Crippen molar-refractivity contribution in [3.63, 3.8) is 0 Å². The maximum absolute atomic E-state index is 12.7. The number of ether oxygens (including phenoxy) is 1. The van der Waals surface area contributed by atoms with E-state index in [1.165, 1.54) is 48.5 Å². The number of sulfonamides is 1. The lowest BCUT2D eigenvalue weighted by Gasteiger charge is -2.15. The third kappa shape index (κ3) is 5.07. The highest BCUT2D eigenvalue weighted by molar-refractivity contribution is 7.92. The van der Waals surface area contributed by atoms with Crippen LogP contribution < -0.4 is 20.7 Å². The maximum Gasteiger partial charge on any atom is 0.349 e. The van der Waals surface area contributed by atoms with Crippen LogP contribution in [0.15, 0.2) is 75.3 Å². The van der Waals surface area contributed by atoms with E-state index in [2.05, 4.69) is 14.8 Å². The van der Waals surface area contributed by atoms with Crippen LogP contribution in [0.4, 0.5) is 5.69 Å². The smallest absolute Gasteiger partial charge is 0.349 e. The Morgan fingerprint density at radius 1 is 1.14 bits per heavy atom. The van der Waals surface area contributed by atoms with Crippen LogP contribution in [-0.4, -0.2) is 28.3 Å². The number of hydrogen-bond acceptors (Lipinski definition) is 8. The summed E-state index contributed by atoms with van der Waals surface area (Å²) in [6.45, 7) is 1.66. The van der Waals surface area contributed by atoms with E-state index in [0.717, 1.165) is 10.9 Å². The monoisotopic (exact) mass is 525 g/mol. The summed E-state index contributed by atoms with van der Waals surface area (Å²) in [5.41, 5.74) is -0.447. The Bertz CT molecular complexity index is 1720. The average molecular weight is 526 g/mol. The van der Waals surface area contributed by atoms with Crippen molar-refractivity contribution in [3.8, 4) is 29.0 Å². The zero-order valence-corrected chi connectivity index (χ0v) is 20.0. The van der Waals surface area contributed by atoms with Gasteiger partial charge in [0.15, 0.2) is 0 Å². The molecule has 0 aliphatic carbocycles. The van der Waals surface area contributed by atoms with E-state index in [1.54, 1.807) is 13.0 Å². The van der Waals surface area contributed by atoms with E-state index < -0.39 is 21.3 Å². The first-order chi connectivity index (χ1) is 17.1. The topological polar surface area (TPSA) is 167 Å². The highest BCUT2D eigenvalue weighted by Gasteiger charge is 2.18. The number of aryl methyl sites for hydroxylation is 1. The van der Waals surface area contributed by atoms with Gasteiger partial charge in [-0.25, -0.2) is 13.2 Å². The summed E-state index contributed by atoms with van der Waals surface area (Å²) in [5, 5.41) is 23.0. The molecule has 3 N–H and O–H groups in total. The van der Waals surface area contributed by atoms with Crippen LogP contribution in [0.2, 0.25) is 5.02 Å². The van der Waals surface area contributed by atoms with Gasteiger partial charge in [0, 0.05) is 6.07 Å². The quantitative estimate of drug-likeness (QED) is 0.323. The zero-order valence-electron chi connectivity index (χ0n) is 18.4. The molecule has 1 aromatic heterocycles. The lowest BCUT2D eigenvalue weighted by atomic mass is 10.2. The molecule has 0 saturated carbocycles. The lowest BCUT2D eigenvalue weighted by molar-refractivity contribution is 0.465. The van der Waals surface area contributed by atoms with Gasteiger partial charge in [-0.2, -0.15) is 15.0 Å². The molecule has 4 aromatic rings. The number of nitrogens with zero attached hydrogens (tertiary/aromatic N) is 3. The predicted octanol–water partition coefficient (Wildman–Crippen LogP) is 3.05. The SMILES string of the molecule is Cc1cc(-n2ncc(=O)[nH]c2=O)cc(Cl)c1Oc1ccc(O)c(NS(=O)(=O)c2ccc(C#N)cc2)c1. The largest absolute Gasteiger partial charge is 0.506 e. The molecule has 1 heterocycles. The third-order valence-electron chi connectivity index (χ3n) is 4.90. The van der Waals surface area contributed by atoms with Crippen molar-refractivity contribution in [2.75, 3.05) is 4.72 Å². The van der Waals surface area contributed by atoms with Gasteiger partial charge in [0.1, 0.15) is 23.4 Å². The number of aromatic amines is 1. The van der Waals surface area contributed by atoms with Gasteiger partial charge in [-0.3, -0.25) is 14.5 Å². The van der Waals surface area contributed by atoms with E-state index >= 15 is 0 Å². The Morgan fingerprint density at radius 2 is 1.86 bits per heavy atom. The number of aromatic hydroxyl groups is 1. The van der Waals surface area contributed by atoms with Gasteiger partial charge < -0.3 is 9.84 Å². The number of halogens is 1. The Hall–Kier alpha value is -4.60. The summed E-state index contributed by atoms with van der Waals surface area (Å²) in [6, 6.07) is 14.1. The number of benzene rings is 3. The van der Waals surface area contributed by atoms with Crippen molar-refractivity contribution < 1.29 is 18.3 Å². The molecule has 0 aliphatic rings. The van der Waals surface area contributed by atoms with Crippen LogP contribution in [0.1, 0.15) is 11.1 Å². The minimum absolute atomic E-state index is 0.104. The van der Waals surface area contributed by atoms with E-state index in [0.29, 0.717) is 11.1 Å². The second-order valence-electron chi connectivity index (χ2n) is 7.45. The van der Waals surface area contributed by atoms with Gasteiger partial charge >= 0.3 is 5.69 Å². The number of nitriles is 1. The van der Waals surface area contributed by atoms with Crippen LogP contribution in [0.25, 0.3) is 5.69 Å². The highest BCUT2D eigenvalue weighted by Crippen LogP contribution is 2.37. The summed E-state index contributed by atoms with van der Waals surface area (Å²) >= 11 is 6.38. The van der Waals surface area contributed by atoms with Gasteiger partial charge in [0.05, 0.1) is 32.9 Å². The standard InChI is InChI=1S/C23H16ClN5O6S/c1-13-8-15(29-23(32)27-21(31)12-26-29)9-18(24)22(13)35-16-4-7-20(30)19(10-16)28-36(33,34)17-5-2-14(11-25)3-6-17/h2-10,12,28,30H,1H3,(H,27,31,32). The number of nitrogens with one attached hydrogen (secondary N) is 2. The first-order valence-electron chi connectivity index (χ1n) is 10.1. The number of H-pyrrole nitrogens is 1. The normalized spacial score (nSPS) is 11.0. The molecule has 0 radical (unpaired) electrons. The van der Waals surface area contributed by atoms with Crippen LogP contribution in [0.3, 0.4) is 0 Å². The molecule has 0 spiro atoms. The van der Waals surface area contributed by atoms with E-state index in [4.69, 9.17) is 21.6 Å². The fraction of sp³-hybridized carbons (Fsp3) is 0.0435. The fourth-order valence-corrected chi connectivity index (χ4v) is 4.56. The minimum Gasteiger partial charge on any atom is -0.506 e. The molecule has 0 unspecified atom stereocenters. The molecule has 11 nitrogen and oxygen atoms in total. The third-order valence-corrected chi connectivity index (χ3v) is 6.56. The molecule has 0 fully saturated rings. The summed E-state index contributed by atoms with van der Waals surface area (Å²) in [7, 11) is -4.08. The van der Waals surface area contributed by atoms with Gasteiger partial charge in [-0.15, -0.1) is 0 Å². The molecule has 182 valence electrons. The van der Waals surface area contributed by atoms with Gasteiger partial charge in [-0.1, -0.05) is 11.6 Å². The number of phenols is 1. The summed E-state index contributed by atoms with van der Waals surface area (Å²) in [6.07, 6.45) is 0.950. The van der Waals surface area contributed by atoms with Gasteiger partial charge in [-0.05, 0) is 61.0 Å². The van der Waals surface area contributed by atoms with Crippen LogP contribution >= 0.6 is 11.6 Å². The number of hydrogen-bond donors (Lipinski definition) is 3. The van der Waals surface area contributed by atoms with Crippen molar-refractivity contribution in [2.24, 2.45) is 0 Å². The molecule has 13 heteroatoms. The van der Waals surface area contributed by atoms with Crippen LogP contribution in [0, 0.1) is 18.3 Å². The van der Waals surface area contributed by atoms with Gasteiger partial charge in [0.25, 0.3) is 15.6 Å².